The molecule has 0 saturated carbocycles. The van der Waals surface area contributed by atoms with Gasteiger partial charge in [-0.25, -0.2) is 13.2 Å². The van der Waals surface area contributed by atoms with Crippen molar-refractivity contribution in [1.82, 2.24) is 5.32 Å². The van der Waals surface area contributed by atoms with Gasteiger partial charge in [0.1, 0.15) is 6.04 Å². The predicted molar refractivity (Wildman–Crippen MR) is 95.4 cm³/mol. The van der Waals surface area contributed by atoms with E-state index in [0.717, 1.165) is 17.7 Å². The summed E-state index contributed by atoms with van der Waals surface area (Å²) in [6.45, 7) is 0.369. The average molecular weight is 371 g/mol. The minimum absolute atomic E-state index is 0.169. The van der Waals surface area contributed by atoms with Crippen LogP contribution in [0.15, 0.2) is 66.7 Å². The second-order valence-electron chi connectivity index (χ2n) is 6.01. The average Bonchev–Trinajstić information content (AvgIpc) is 2.67. The highest BCUT2D eigenvalue weighted by molar-refractivity contribution is 5.76. The molecule has 0 amide bonds. The number of hydrogen-bond acceptors (Lipinski definition) is 2. The first-order valence-corrected chi connectivity index (χ1v) is 8.20. The third kappa shape index (κ3) is 4.35. The fourth-order valence-corrected chi connectivity index (χ4v) is 2.75. The fourth-order valence-electron chi connectivity index (χ4n) is 2.75. The molecule has 0 heterocycles. The van der Waals surface area contributed by atoms with Gasteiger partial charge in [0.05, 0.1) is 0 Å². The molecule has 3 nitrogen and oxygen atoms in total. The van der Waals surface area contributed by atoms with E-state index in [1.54, 1.807) is 24.3 Å². The minimum atomic E-state index is -1.52. The van der Waals surface area contributed by atoms with Crippen molar-refractivity contribution < 1.29 is 23.1 Å². The molecule has 0 radical (unpaired) electrons. The van der Waals surface area contributed by atoms with Crippen LogP contribution in [0.2, 0.25) is 0 Å². The standard InChI is InChI=1S/C21H16F3NO2/c22-17-10-16(11-18(23)19(17)24)14-6-8-15(9-7-14)20(21(26)27)25-12-13-4-2-1-3-5-13/h1-11,20,25H,12H2,(H,26,27). The first-order chi connectivity index (χ1) is 13.0. The highest BCUT2D eigenvalue weighted by Gasteiger charge is 2.19. The largest absolute Gasteiger partial charge is 0.480 e. The molecule has 0 bridgehead atoms. The quantitative estimate of drug-likeness (QED) is 0.618. The third-order valence-corrected chi connectivity index (χ3v) is 4.16. The van der Waals surface area contributed by atoms with E-state index >= 15 is 0 Å². The van der Waals surface area contributed by atoms with Gasteiger partial charge in [-0.3, -0.25) is 10.1 Å². The summed E-state index contributed by atoms with van der Waals surface area (Å²) in [4.78, 5) is 11.6. The van der Waals surface area contributed by atoms with Crippen LogP contribution in [0, 0.1) is 17.5 Å². The molecular formula is C21H16F3NO2. The number of hydrogen-bond donors (Lipinski definition) is 2. The van der Waals surface area contributed by atoms with Crippen LogP contribution in [-0.4, -0.2) is 11.1 Å². The third-order valence-electron chi connectivity index (χ3n) is 4.16. The topological polar surface area (TPSA) is 49.3 Å². The molecule has 2 N–H and O–H groups in total. The first-order valence-electron chi connectivity index (χ1n) is 8.20. The van der Waals surface area contributed by atoms with Crippen LogP contribution >= 0.6 is 0 Å². The van der Waals surface area contributed by atoms with Crippen LogP contribution in [0.1, 0.15) is 17.2 Å². The molecule has 6 heteroatoms. The number of carboxylic acids is 1. The Kier molecular flexibility index (Phi) is 5.57. The first kappa shape index (κ1) is 18.7. The van der Waals surface area contributed by atoms with Crippen molar-refractivity contribution in [3.63, 3.8) is 0 Å². The van der Waals surface area contributed by atoms with Crippen molar-refractivity contribution in [2.45, 2.75) is 12.6 Å². The van der Waals surface area contributed by atoms with E-state index in [0.29, 0.717) is 17.7 Å². The highest BCUT2D eigenvalue weighted by atomic mass is 19.2. The van der Waals surface area contributed by atoms with Gasteiger partial charge in [0.25, 0.3) is 0 Å². The molecule has 0 aromatic heterocycles. The van der Waals surface area contributed by atoms with Gasteiger partial charge >= 0.3 is 5.97 Å². The van der Waals surface area contributed by atoms with Gasteiger partial charge in [-0.1, -0.05) is 54.6 Å². The SMILES string of the molecule is O=C(O)C(NCc1ccccc1)c1ccc(-c2cc(F)c(F)c(F)c2)cc1. The van der Waals surface area contributed by atoms with Crippen molar-refractivity contribution in [3.8, 4) is 11.1 Å². The zero-order valence-electron chi connectivity index (χ0n) is 14.1. The smallest absolute Gasteiger partial charge is 0.325 e. The van der Waals surface area contributed by atoms with E-state index in [1.807, 2.05) is 30.3 Å². The number of carboxylic acid groups (broad SMARTS) is 1. The molecule has 138 valence electrons. The summed E-state index contributed by atoms with van der Waals surface area (Å²) in [7, 11) is 0. The van der Waals surface area contributed by atoms with E-state index in [4.69, 9.17) is 0 Å². The number of rotatable bonds is 6. The van der Waals surface area contributed by atoms with Gasteiger partial charge in [0, 0.05) is 6.54 Å². The summed E-state index contributed by atoms with van der Waals surface area (Å²) >= 11 is 0. The van der Waals surface area contributed by atoms with Crippen molar-refractivity contribution in [2.75, 3.05) is 0 Å². The van der Waals surface area contributed by atoms with Crippen molar-refractivity contribution in [2.24, 2.45) is 0 Å². The molecule has 27 heavy (non-hydrogen) atoms. The Morgan fingerprint density at radius 3 is 2.04 bits per heavy atom. The maximum absolute atomic E-state index is 13.4. The Morgan fingerprint density at radius 2 is 1.48 bits per heavy atom. The maximum Gasteiger partial charge on any atom is 0.325 e. The normalized spacial score (nSPS) is 12.0. The zero-order valence-corrected chi connectivity index (χ0v) is 14.1. The summed E-state index contributed by atoms with van der Waals surface area (Å²) in [6, 6.07) is 16.4. The lowest BCUT2D eigenvalue weighted by Gasteiger charge is -2.15. The molecule has 1 atom stereocenters. The summed E-state index contributed by atoms with van der Waals surface area (Å²) in [5.41, 5.74) is 2.05. The molecule has 3 rings (SSSR count). The van der Waals surface area contributed by atoms with Crippen LogP contribution in [-0.2, 0) is 11.3 Å². The van der Waals surface area contributed by atoms with Gasteiger partial charge in [-0.05, 0) is 34.4 Å². The summed E-state index contributed by atoms with van der Waals surface area (Å²) in [6.07, 6.45) is 0. The monoisotopic (exact) mass is 371 g/mol. The van der Waals surface area contributed by atoms with E-state index in [9.17, 15) is 23.1 Å². The molecule has 0 saturated heterocycles. The minimum Gasteiger partial charge on any atom is -0.480 e. The van der Waals surface area contributed by atoms with Gasteiger partial charge in [-0.15, -0.1) is 0 Å². The molecule has 3 aromatic carbocycles. The lowest BCUT2D eigenvalue weighted by Crippen LogP contribution is -2.28. The van der Waals surface area contributed by atoms with Crippen molar-refractivity contribution in [1.29, 1.82) is 0 Å². The molecule has 3 aromatic rings. The number of benzene rings is 3. The molecular weight excluding hydrogens is 355 g/mol. The van der Waals surface area contributed by atoms with E-state index < -0.39 is 29.5 Å². The van der Waals surface area contributed by atoms with Crippen LogP contribution in [0.3, 0.4) is 0 Å². The zero-order chi connectivity index (χ0) is 19.4. The summed E-state index contributed by atoms with van der Waals surface area (Å²) in [5, 5.41) is 12.5. The number of aliphatic carboxylic acids is 1. The van der Waals surface area contributed by atoms with E-state index in [2.05, 4.69) is 5.32 Å². The lowest BCUT2D eigenvalue weighted by atomic mass is 10.00. The predicted octanol–water partition coefficient (Wildman–Crippen LogP) is 4.69. The highest BCUT2D eigenvalue weighted by Crippen LogP contribution is 2.25. The van der Waals surface area contributed by atoms with Crippen LogP contribution in [0.25, 0.3) is 11.1 Å². The van der Waals surface area contributed by atoms with Gasteiger partial charge in [0.15, 0.2) is 17.5 Å². The summed E-state index contributed by atoms with van der Waals surface area (Å²) in [5.74, 6) is -5.12. The van der Waals surface area contributed by atoms with Crippen molar-refractivity contribution in [3.05, 3.63) is 95.3 Å². The second kappa shape index (κ2) is 8.05. The van der Waals surface area contributed by atoms with Gasteiger partial charge in [-0.2, -0.15) is 0 Å². The van der Waals surface area contributed by atoms with Gasteiger partial charge in [0.2, 0.25) is 0 Å². The molecule has 0 aliphatic carbocycles. The lowest BCUT2D eigenvalue weighted by molar-refractivity contribution is -0.139. The molecule has 0 aliphatic heterocycles. The number of halogens is 3. The Balaban J connectivity index is 1.80. The fraction of sp³-hybridized carbons (Fsp3) is 0.0952. The molecule has 0 fully saturated rings. The van der Waals surface area contributed by atoms with Crippen molar-refractivity contribution >= 4 is 5.97 Å². The van der Waals surface area contributed by atoms with Crippen LogP contribution < -0.4 is 5.32 Å². The molecule has 0 aliphatic rings. The molecule has 0 spiro atoms. The Labute approximate surface area is 154 Å². The van der Waals surface area contributed by atoms with Crippen LogP contribution in [0.5, 0.6) is 0 Å². The Morgan fingerprint density at radius 1 is 0.889 bits per heavy atom. The Hall–Kier alpha value is -3.12. The van der Waals surface area contributed by atoms with E-state index in [-0.39, 0.29) is 5.56 Å². The second-order valence-corrected chi connectivity index (χ2v) is 6.01. The maximum atomic E-state index is 13.4. The summed E-state index contributed by atoms with van der Waals surface area (Å²) < 4.78 is 39.9. The van der Waals surface area contributed by atoms with E-state index in [1.165, 1.54) is 0 Å². The number of nitrogens with one attached hydrogen (secondary N) is 1. The molecule has 1 unspecified atom stereocenters. The van der Waals surface area contributed by atoms with Crippen LogP contribution in [0.4, 0.5) is 13.2 Å². The Bertz CT molecular complexity index is 920. The van der Waals surface area contributed by atoms with Gasteiger partial charge < -0.3 is 5.11 Å². The number of carbonyl (C=O) groups is 1.